The molecule has 1 aliphatic rings. The average Bonchev–Trinajstić information content (AvgIpc) is 2.18. The van der Waals surface area contributed by atoms with E-state index < -0.39 is 0 Å². The van der Waals surface area contributed by atoms with Gasteiger partial charge >= 0.3 is 0 Å². The van der Waals surface area contributed by atoms with Crippen LogP contribution >= 0.6 is 0 Å². The Morgan fingerprint density at radius 3 is 2.54 bits per heavy atom. The second-order valence-electron chi connectivity index (χ2n) is 4.03. The Balaban J connectivity index is 2.85. The molecule has 0 heteroatoms. The van der Waals surface area contributed by atoms with Gasteiger partial charge in [0.25, 0.3) is 0 Å². The second-order valence-corrected chi connectivity index (χ2v) is 4.03. The Morgan fingerprint density at radius 2 is 2.08 bits per heavy atom. The maximum Gasteiger partial charge on any atom is -0.00545 e. The number of hydrogen-bond donors (Lipinski definition) is 0. The normalized spacial score (nSPS) is 33.2. The van der Waals surface area contributed by atoms with Crippen molar-refractivity contribution in [3.05, 3.63) is 30.7 Å². The summed E-state index contributed by atoms with van der Waals surface area (Å²) in [7, 11) is 0. The molecular weight excluding hydrogens is 156 g/mol. The molecule has 1 rings (SSSR count). The maximum absolute atomic E-state index is 4.34. The third-order valence-corrected chi connectivity index (χ3v) is 3.29. The smallest absolute Gasteiger partial charge is 0.00545 e. The fraction of sp³-hybridized carbons (Fsp3) is 0.615. The average molecular weight is 177 g/mol. The summed E-state index contributed by atoms with van der Waals surface area (Å²) in [6, 6.07) is 0. The molecule has 1 radical (unpaired) electrons. The van der Waals surface area contributed by atoms with Crippen molar-refractivity contribution in [2.45, 2.75) is 40.0 Å². The van der Waals surface area contributed by atoms with E-state index in [2.05, 4.69) is 45.9 Å². The van der Waals surface area contributed by atoms with Crippen molar-refractivity contribution in [3.8, 4) is 0 Å². The molecule has 13 heavy (non-hydrogen) atoms. The van der Waals surface area contributed by atoms with Crippen molar-refractivity contribution in [2.75, 3.05) is 0 Å². The topological polar surface area (TPSA) is 0 Å². The summed E-state index contributed by atoms with van der Waals surface area (Å²) >= 11 is 0. The molecular formula is C13H21. The minimum Gasteiger partial charge on any atom is -0.0775 e. The predicted molar refractivity (Wildman–Crippen MR) is 59.4 cm³/mol. The van der Waals surface area contributed by atoms with Crippen LogP contribution in [0.5, 0.6) is 0 Å². The van der Waals surface area contributed by atoms with Crippen LogP contribution in [0.3, 0.4) is 0 Å². The number of rotatable bonds is 3. The van der Waals surface area contributed by atoms with E-state index in [4.69, 9.17) is 0 Å². The maximum atomic E-state index is 4.34. The van der Waals surface area contributed by atoms with E-state index in [1.807, 2.05) is 0 Å². The first-order valence-electron chi connectivity index (χ1n) is 5.41. The second kappa shape index (κ2) is 4.13. The molecule has 2 unspecified atom stereocenters. The summed E-state index contributed by atoms with van der Waals surface area (Å²) in [4.78, 5) is 0. The highest BCUT2D eigenvalue weighted by atomic mass is 14.3. The van der Waals surface area contributed by atoms with E-state index >= 15 is 0 Å². The molecule has 0 nitrogen and oxygen atoms in total. The van der Waals surface area contributed by atoms with E-state index in [1.165, 1.54) is 12.0 Å². The van der Waals surface area contributed by atoms with Crippen LogP contribution in [0.15, 0.2) is 23.8 Å². The Labute approximate surface area is 82.7 Å². The molecule has 0 saturated carbocycles. The molecule has 0 amide bonds. The third kappa shape index (κ3) is 2.04. The number of allylic oxidation sites excluding steroid dienone is 4. The van der Waals surface area contributed by atoms with Crippen LogP contribution in [-0.4, -0.2) is 0 Å². The first-order valence-corrected chi connectivity index (χ1v) is 5.41. The molecule has 0 spiro atoms. The molecule has 1 aliphatic carbocycles. The van der Waals surface area contributed by atoms with E-state index in [9.17, 15) is 0 Å². The van der Waals surface area contributed by atoms with Crippen molar-refractivity contribution < 1.29 is 0 Å². The Hall–Kier alpha value is -0.520. The molecule has 0 fully saturated rings. The fourth-order valence-electron chi connectivity index (χ4n) is 2.02. The van der Waals surface area contributed by atoms with Gasteiger partial charge in [-0.05, 0) is 37.5 Å². The van der Waals surface area contributed by atoms with Gasteiger partial charge in [-0.1, -0.05) is 44.6 Å². The molecule has 73 valence electrons. The van der Waals surface area contributed by atoms with Crippen LogP contribution in [0.2, 0.25) is 0 Å². The van der Waals surface area contributed by atoms with Crippen LogP contribution in [0, 0.1) is 18.3 Å². The van der Waals surface area contributed by atoms with E-state index in [0.29, 0.717) is 5.92 Å². The van der Waals surface area contributed by atoms with Gasteiger partial charge in [-0.2, -0.15) is 0 Å². The van der Waals surface area contributed by atoms with Gasteiger partial charge < -0.3 is 0 Å². The monoisotopic (exact) mass is 177 g/mol. The van der Waals surface area contributed by atoms with Gasteiger partial charge in [0.2, 0.25) is 0 Å². The Kier molecular flexibility index (Phi) is 3.35. The zero-order valence-electron chi connectivity index (χ0n) is 9.14. The van der Waals surface area contributed by atoms with Gasteiger partial charge in [0.15, 0.2) is 0 Å². The third-order valence-electron chi connectivity index (χ3n) is 3.29. The first-order chi connectivity index (χ1) is 6.16. The lowest BCUT2D eigenvalue weighted by Gasteiger charge is -2.35. The first kappa shape index (κ1) is 10.6. The van der Waals surface area contributed by atoms with Gasteiger partial charge in [0.05, 0.1) is 0 Å². The van der Waals surface area contributed by atoms with Crippen molar-refractivity contribution >= 4 is 0 Å². The van der Waals surface area contributed by atoms with E-state index in [0.717, 1.165) is 12.8 Å². The van der Waals surface area contributed by atoms with Crippen molar-refractivity contribution in [3.63, 3.8) is 0 Å². The zero-order chi connectivity index (χ0) is 9.90. The highest BCUT2D eigenvalue weighted by molar-refractivity contribution is 5.29. The summed E-state index contributed by atoms with van der Waals surface area (Å²) in [5.74, 6) is 0.637. The van der Waals surface area contributed by atoms with Gasteiger partial charge in [-0.25, -0.2) is 0 Å². The van der Waals surface area contributed by atoms with Gasteiger partial charge in [-0.3, -0.25) is 0 Å². The van der Waals surface area contributed by atoms with Gasteiger partial charge in [0, 0.05) is 0 Å². The minimum atomic E-state index is 0.160. The lowest BCUT2D eigenvalue weighted by atomic mass is 9.70. The summed E-state index contributed by atoms with van der Waals surface area (Å²) in [5.41, 5.74) is 1.63. The molecule has 0 aromatic heterocycles. The lowest BCUT2D eigenvalue weighted by molar-refractivity contribution is 0.325. The van der Waals surface area contributed by atoms with Gasteiger partial charge in [-0.15, -0.1) is 0 Å². The highest BCUT2D eigenvalue weighted by Gasteiger charge is 2.29. The summed E-state index contributed by atoms with van der Waals surface area (Å²) < 4.78 is 0. The van der Waals surface area contributed by atoms with Crippen LogP contribution < -0.4 is 0 Å². The standard InChI is InChI=1S/C13H21/c1-5-11-8-9-13(4,7-3)12(6-2)10-11/h8-10,12H,4-7H2,1-3H3. The summed E-state index contributed by atoms with van der Waals surface area (Å²) in [6.07, 6.45) is 10.5. The number of hydrogen-bond acceptors (Lipinski definition) is 0. The highest BCUT2D eigenvalue weighted by Crippen LogP contribution is 2.39. The minimum absolute atomic E-state index is 0.160. The largest absolute Gasteiger partial charge is 0.0775 e. The van der Waals surface area contributed by atoms with Gasteiger partial charge in [0.1, 0.15) is 0 Å². The van der Waals surface area contributed by atoms with E-state index in [1.54, 1.807) is 0 Å². The quantitative estimate of drug-likeness (QED) is 0.607. The molecule has 0 aliphatic heterocycles. The van der Waals surface area contributed by atoms with Crippen molar-refractivity contribution in [2.24, 2.45) is 11.3 Å². The van der Waals surface area contributed by atoms with Crippen LogP contribution in [0.1, 0.15) is 40.0 Å². The van der Waals surface area contributed by atoms with Crippen LogP contribution in [-0.2, 0) is 0 Å². The Morgan fingerprint density at radius 1 is 1.38 bits per heavy atom. The van der Waals surface area contributed by atoms with Crippen molar-refractivity contribution in [1.29, 1.82) is 0 Å². The zero-order valence-corrected chi connectivity index (χ0v) is 9.14. The molecule has 0 N–H and O–H groups in total. The van der Waals surface area contributed by atoms with E-state index in [-0.39, 0.29) is 5.41 Å². The fourth-order valence-corrected chi connectivity index (χ4v) is 2.02. The summed E-state index contributed by atoms with van der Waals surface area (Å²) in [5, 5.41) is 0. The lowest BCUT2D eigenvalue weighted by Crippen LogP contribution is -2.25. The Bertz CT molecular complexity index is 222. The predicted octanol–water partition coefficient (Wildman–Crippen LogP) is 4.15. The molecule has 2 atom stereocenters. The SMILES string of the molecule is [CH2]C1(CC)C=CC(CC)=CC1CC. The molecule has 0 saturated heterocycles. The molecule has 0 bridgehead atoms. The van der Waals surface area contributed by atoms with Crippen LogP contribution in [0.25, 0.3) is 0 Å². The molecule has 0 aromatic rings. The van der Waals surface area contributed by atoms with Crippen LogP contribution in [0.4, 0.5) is 0 Å². The molecule has 0 heterocycles. The summed E-state index contributed by atoms with van der Waals surface area (Å²) in [6.45, 7) is 11.0. The van der Waals surface area contributed by atoms with Crippen molar-refractivity contribution in [1.82, 2.24) is 0 Å². The molecule has 0 aromatic carbocycles.